The van der Waals surface area contributed by atoms with E-state index in [2.05, 4.69) is 101 Å². The molecule has 0 fully saturated rings. The van der Waals surface area contributed by atoms with Gasteiger partial charge in [0.15, 0.2) is 0 Å². The third-order valence-corrected chi connectivity index (χ3v) is 18.9. The number of hydrogen-bond donors (Lipinski definition) is 0. The van der Waals surface area contributed by atoms with Gasteiger partial charge in [0, 0.05) is 39.7 Å². The van der Waals surface area contributed by atoms with Crippen LogP contribution in [0.15, 0.2) is 36.4 Å². The molecule has 4 aromatic heterocycles. The van der Waals surface area contributed by atoms with Gasteiger partial charge in [-0.25, -0.2) is 0 Å². The van der Waals surface area contributed by atoms with Crippen LogP contribution in [0.3, 0.4) is 0 Å². The molecule has 5 rings (SSSR count). The number of aryl methyl sites for hydroxylation is 2. The lowest BCUT2D eigenvalue weighted by atomic mass is 10.2. The van der Waals surface area contributed by atoms with Gasteiger partial charge < -0.3 is 4.74 Å². The molecule has 0 amide bonds. The van der Waals surface area contributed by atoms with Crippen LogP contribution in [-0.4, -0.2) is 14.7 Å². The largest absolute Gasteiger partial charge is 0.492 e. The molecule has 0 bridgehead atoms. The summed E-state index contributed by atoms with van der Waals surface area (Å²) in [6, 6.07) is 17.2. The zero-order chi connectivity index (χ0) is 29.0. The first-order valence-electron chi connectivity index (χ1n) is 15.7. The molecule has 0 saturated heterocycles. The maximum Gasteiger partial charge on any atom is 0.140 e. The lowest BCUT2D eigenvalue weighted by Crippen LogP contribution is -2.54. The minimum atomic E-state index is -1.75. The van der Waals surface area contributed by atoms with E-state index < -0.39 is 8.07 Å². The van der Waals surface area contributed by atoms with E-state index in [4.69, 9.17) is 4.74 Å². The van der Waals surface area contributed by atoms with Gasteiger partial charge in [-0.05, 0) is 86.6 Å². The molecule has 0 aromatic carbocycles. The van der Waals surface area contributed by atoms with Crippen molar-refractivity contribution < 1.29 is 4.74 Å². The van der Waals surface area contributed by atoms with Gasteiger partial charge in [0.05, 0.1) is 11.5 Å². The van der Waals surface area contributed by atoms with Crippen LogP contribution in [-0.2, 0) is 4.74 Å². The standard InChI is InChI=1S/C35H46OS4Si/c1-7-10-12-14-20-41(21-15-13-11-8-2)31-22-25(5)38-34(31)35-32(41)23-30(40-35)28-19-18-27(39-28)26(6)33(36-9-3)29-17-16-24(4)37-29/h16-19,22-23H,7-15,20-21H2,1-6H3/b33-26-. The SMILES string of the molecule is CCCCCC[Si]1(CCCCCC)c2cc(C)sc2-c2sc(-c3ccc(/C(C)=C(\OCC)c4ccc(C)s4)s3)cc21. The van der Waals surface area contributed by atoms with E-state index in [0.717, 1.165) is 5.76 Å². The summed E-state index contributed by atoms with van der Waals surface area (Å²) in [4.78, 5) is 11.5. The van der Waals surface area contributed by atoms with E-state index in [9.17, 15) is 0 Å². The molecule has 220 valence electrons. The highest BCUT2D eigenvalue weighted by molar-refractivity contribution is 7.32. The summed E-state index contributed by atoms with van der Waals surface area (Å²) >= 11 is 7.90. The average Bonchev–Trinajstić information content (AvgIpc) is 3.78. The lowest BCUT2D eigenvalue weighted by Gasteiger charge is -2.29. The smallest absolute Gasteiger partial charge is 0.140 e. The fraction of sp³-hybridized carbons (Fsp3) is 0.486. The molecule has 5 heterocycles. The van der Waals surface area contributed by atoms with Gasteiger partial charge in [0.1, 0.15) is 13.8 Å². The zero-order valence-electron chi connectivity index (χ0n) is 25.8. The first kappa shape index (κ1) is 31.0. The normalized spacial score (nSPS) is 14.3. The van der Waals surface area contributed by atoms with Crippen molar-refractivity contribution in [3.63, 3.8) is 0 Å². The Kier molecular flexibility index (Phi) is 10.5. The first-order chi connectivity index (χ1) is 19.9. The van der Waals surface area contributed by atoms with Crippen LogP contribution < -0.4 is 10.4 Å². The van der Waals surface area contributed by atoms with Gasteiger partial charge in [-0.2, -0.15) is 0 Å². The molecule has 0 radical (unpaired) electrons. The lowest BCUT2D eigenvalue weighted by molar-refractivity contribution is 0.300. The van der Waals surface area contributed by atoms with Crippen LogP contribution in [0.5, 0.6) is 0 Å². The minimum Gasteiger partial charge on any atom is -0.492 e. The second kappa shape index (κ2) is 13.9. The first-order valence-corrected chi connectivity index (χ1v) is 21.4. The van der Waals surface area contributed by atoms with E-state index in [1.165, 1.54) is 98.3 Å². The number of hydrogen-bond acceptors (Lipinski definition) is 5. The third kappa shape index (κ3) is 6.42. The molecule has 6 heteroatoms. The Labute approximate surface area is 265 Å². The summed E-state index contributed by atoms with van der Waals surface area (Å²) in [5, 5.41) is 3.57. The van der Waals surface area contributed by atoms with Crippen molar-refractivity contribution in [2.75, 3.05) is 6.61 Å². The second-order valence-electron chi connectivity index (χ2n) is 11.6. The quantitative estimate of drug-likeness (QED) is 0.0715. The number of fused-ring (bicyclic) bond motifs is 3. The summed E-state index contributed by atoms with van der Waals surface area (Å²) in [5.41, 5.74) is 1.25. The number of thiophene rings is 4. The van der Waals surface area contributed by atoms with Crippen molar-refractivity contribution in [2.45, 2.75) is 105 Å². The van der Waals surface area contributed by atoms with Gasteiger partial charge in [0.25, 0.3) is 0 Å². The molecular formula is C35H46OS4Si. The molecule has 0 unspecified atom stereocenters. The maximum absolute atomic E-state index is 6.21. The fourth-order valence-electron chi connectivity index (χ4n) is 6.44. The maximum atomic E-state index is 6.21. The van der Waals surface area contributed by atoms with Crippen LogP contribution in [0, 0.1) is 13.8 Å². The molecule has 41 heavy (non-hydrogen) atoms. The summed E-state index contributed by atoms with van der Waals surface area (Å²) in [6.07, 6.45) is 10.9. The van der Waals surface area contributed by atoms with Gasteiger partial charge in [-0.3, -0.25) is 0 Å². The third-order valence-electron chi connectivity index (χ3n) is 8.55. The van der Waals surface area contributed by atoms with E-state index in [0.29, 0.717) is 6.61 Å². The van der Waals surface area contributed by atoms with Crippen molar-refractivity contribution in [2.24, 2.45) is 0 Å². The molecular weight excluding hydrogens is 593 g/mol. The van der Waals surface area contributed by atoms with Gasteiger partial charge in [-0.15, -0.1) is 45.3 Å². The van der Waals surface area contributed by atoms with Crippen LogP contribution >= 0.6 is 45.3 Å². The minimum absolute atomic E-state index is 0.686. The monoisotopic (exact) mass is 638 g/mol. The highest BCUT2D eigenvalue weighted by Crippen LogP contribution is 2.47. The molecule has 1 nitrogen and oxygen atoms in total. The Morgan fingerprint density at radius 2 is 1.32 bits per heavy atom. The Bertz CT molecular complexity index is 1470. The molecule has 0 aliphatic carbocycles. The van der Waals surface area contributed by atoms with E-state index in [-0.39, 0.29) is 0 Å². The van der Waals surface area contributed by atoms with Crippen LogP contribution in [0.2, 0.25) is 12.1 Å². The second-order valence-corrected chi connectivity index (χ2v) is 20.5. The predicted octanol–water partition coefficient (Wildman–Crippen LogP) is 11.8. The summed E-state index contributed by atoms with van der Waals surface area (Å²) in [7, 11) is -1.75. The van der Waals surface area contributed by atoms with E-state index >= 15 is 0 Å². The highest BCUT2D eigenvalue weighted by Gasteiger charge is 2.47. The summed E-state index contributed by atoms with van der Waals surface area (Å²) in [5.74, 6) is 1.04. The highest BCUT2D eigenvalue weighted by atomic mass is 32.1. The molecule has 1 aliphatic heterocycles. The Balaban J connectivity index is 1.52. The number of unbranched alkanes of at least 4 members (excludes halogenated alkanes) is 6. The molecule has 0 atom stereocenters. The summed E-state index contributed by atoms with van der Waals surface area (Å²) < 4.78 is 6.21. The molecule has 4 aromatic rings. The topological polar surface area (TPSA) is 9.23 Å². The van der Waals surface area contributed by atoms with E-state index in [1.54, 1.807) is 20.1 Å². The Morgan fingerprint density at radius 1 is 0.659 bits per heavy atom. The van der Waals surface area contributed by atoms with E-state index in [1.807, 2.05) is 22.7 Å². The van der Waals surface area contributed by atoms with Crippen molar-refractivity contribution in [1.29, 1.82) is 0 Å². The van der Waals surface area contributed by atoms with Gasteiger partial charge >= 0.3 is 0 Å². The van der Waals surface area contributed by atoms with Crippen molar-refractivity contribution in [3.8, 4) is 19.5 Å². The fourth-order valence-corrected chi connectivity index (χ4v) is 17.8. The molecule has 0 saturated carbocycles. The molecule has 1 aliphatic rings. The van der Waals surface area contributed by atoms with Crippen LogP contribution in [0.4, 0.5) is 0 Å². The van der Waals surface area contributed by atoms with Gasteiger partial charge in [-0.1, -0.05) is 65.2 Å². The predicted molar refractivity (Wildman–Crippen MR) is 192 cm³/mol. The molecule has 0 spiro atoms. The van der Waals surface area contributed by atoms with Crippen LogP contribution in [0.1, 0.15) is 98.6 Å². The number of ether oxygens (including phenoxy) is 1. The molecule has 0 N–H and O–H groups in total. The Morgan fingerprint density at radius 3 is 1.95 bits per heavy atom. The van der Waals surface area contributed by atoms with Crippen molar-refractivity contribution >= 4 is 75.1 Å². The number of allylic oxidation sites excluding steroid dienone is 1. The average molecular weight is 639 g/mol. The van der Waals surface area contributed by atoms with Crippen molar-refractivity contribution in [1.82, 2.24) is 0 Å². The zero-order valence-corrected chi connectivity index (χ0v) is 30.0. The Hall–Kier alpha value is -1.44. The van der Waals surface area contributed by atoms with Gasteiger partial charge in [0.2, 0.25) is 0 Å². The van der Waals surface area contributed by atoms with Crippen LogP contribution in [0.25, 0.3) is 30.8 Å². The van der Waals surface area contributed by atoms with Crippen molar-refractivity contribution in [3.05, 3.63) is 55.9 Å². The number of rotatable bonds is 15. The summed E-state index contributed by atoms with van der Waals surface area (Å²) in [6.45, 7) is 14.2.